The molecule has 2 nitrogen and oxygen atoms in total. The van der Waals surface area contributed by atoms with Crippen LogP contribution < -0.4 is 0 Å². The first kappa shape index (κ1) is 15.5. The molecule has 4 aromatic heterocycles. The largest absolute Gasteiger partial charge is 0.308 e. The van der Waals surface area contributed by atoms with Gasteiger partial charge in [0.15, 0.2) is 0 Å². The molecule has 0 radical (unpaired) electrons. The van der Waals surface area contributed by atoms with E-state index in [0.29, 0.717) is 0 Å². The molecule has 2 heteroatoms. The third kappa shape index (κ3) is 1.49. The molecule has 4 heterocycles. The molecule has 0 bridgehead atoms. The van der Waals surface area contributed by atoms with Crippen molar-refractivity contribution in [1.29, 1.82) is 0 Å². The van der Waals surface area contributed by atoms with E-state index < -0.39 is 0 Å². The lowest BCUT2D eigenvalue weighted by Crippen LogP contribution is -1.83. The fourth-order valence-electron chi connectivity index (χ4n) is 6.42. The Balaban J connectivity index is 1.71. The number of aromatic nitrogens is 2. The Labute approximate surface area is 182 Å². The molecular weight excluding hydrogens is 388 g/mol. The van der Waals surface area contributed by atoms with E-state index in [1.807, 2.05) is 0 Å². The maximum Gasteiger partial charge on any atom is 0.0641 e. The second-order valence-corrected chi connectivity index (χ2v) is 8.96. The molecule has 0 atom stereocenters. The van der Waals surface area contributed by atoms with Crippen molar-refractivity contribution in [1.82, 2.24) is 8.80 Å². The third-order valence-electron chi connectivity index (χ3n) is 7.57. The summed E-state index contributed by atoms with van der Waals surface area (Å²) in [4.78, 5) is 0. The molecule has 0 saturated carbocycles. The van der Waals surface area contributed by atoms with Gasteiger partial charge in [-0.2, -0.15) is 0 Å². The fourth-order valence-corrected chi connectivity index (χ4v) is 6.42. The summed E-state index contributed by atoms with van der Waals surface area (Å²) >= 11 is 0. The minimum atomic E-state index is 1.28. The molecule has 0 aliphatic rings. The highest BCUT2D eigenvalue weighted by atomic mass is 14.9. The van der Waals surface area contributed by atoms with Crippen LogP contribution in [0.1, 0.15) is 0 Å². The normalized spacial score (nSPS) is 13.0. The van der Waals surface area contributed by atoms with Crippen LogP contribution in [-0.4, -0.2) is 8.80 Å². The van der Waals surface area contributed by atoms with E-state index in [9.17, 15) is 0 Å². The zero-order valence-corrected chi connectivity index (χ0v) is 17.1. The number of fused-ring (bicyclic) bond motifs is 13. The van der Waals surface area contributed by atoms with Gasteiger partial charge in [0.05, 0.1) is 33.1 Å². The van der Waals surface area contributed by atoms with Gasteiger partial charge in [-0.1, -0.05) is 78.9 Å². The van der Waals surface area contributed by atoms with Gasteiger partial charge in [-0.25, -0.2) is 0 Å². The first-order valence-corrected chi connectivity index (χ1v) is 11.1. The van der Waals surface area contributed by atoms with E-state index in [1.165, 1.54) is 76.2 Å². The minimum absolute atomic E-state index is 1.28. The zero-order valence-electron chi connectivity index (χ0n) is 17.1. The maximum absolute atomic E-state index is 2.52. The molecule has 0 unspecified atom stereocenters. The lowest BCUT2D eigenvalue weighted by atomic mass is 10.0. The van der Waals surface area contributed by atoms with Gasteiger partial charge in [0, 0.05) is 43.1 Å². The van der Waals surface area contributed by atoms with Gasteiger partial charge >= 0.3 is 0 Å². The second-order valence-electron chi connectivity index (χ2n) is 8.96. The standard InChI is InChI=1S/C30H16N2/c1-3-13-24-17(7-1)20-10-6-12-23-27-26(31(24)29(20)23)16-15-22-21-11-5-9-19-18-8-2-4-14-25(18)32(28(19)21)30(22)27/h1-16H. The van der Waals surface area contributed by atoms with Crippen molar-refractivity contribution in [2.24, 2.45) is 0 Å². The average molecular weight is 404 g/mol. The summed E-state index contributed by atoms with van der Waals surface area (Å²) in [6, 6.07) is 35.8. The van der Waals surface area contributed by atoms with E-state index in [1.54, 1.807) is 0 Å². The highest BCUT2D eigenvalue weighted by Crippen LogP contribution is 2.45. The van der Waals surface area contributed by atoms with Crippen LogP contribution in [0.4, 0.5) is 0 Å². The average Bonchev–Trinajstić information content (AvgIpc) is 3.56. The number of benzene rings is 5. The van der Waals surface area contributed by atoms with Crippen LogP contribution in [0.2, 0.25) is 0 Å². The Kier molecular flexibility index (Phi) is 2.40. The molecule has 5 aromatic carbocycles. The number of nitrogens with zero attached hydrogens (tertiary/aromatic N) is 2. The molecule has 146 valence electrons. The Morgan fingerprint density at radius 2 is 0.812 bits per heavy atom. The van der Waals surface area contributed by atoms with Crippen molar-refractivity contribution >= 4 is 76.2 Å². The molecule has 0 amide bonds. The molecule has 0 fully saturated rings. The van der Waals surface area contributed by atoms with Gasteiger partial charge in [0.2, 0.25) is 0 Å². The summed E-state index contributed by atoms with van der Waals surface area (Å²) < 4.78 is 4.99. The first-order chi connectivity index (χ1) is 15.9. The van der Waals surface area contributed by atoms with Gasteiger partial charge in [-0.15, -0.1) is 0 Å². The smallest absolute Gasteiger partial charge is 0.0641 e. The van der Waals surface area contributed by atoms with Crippen molar-refractivity contribution in [2.45, 2.75) is 0 Å². The van der Waals surface area contributed by atoms with Crippen LogP contribution in [0.15, 0.2) is 97.1 Å². The summed E-state index contributed by atoms with van der Waals surface area (Å²) in [5.74, 6) is 0. The summed E-state index contributed by atoms with van der Waals surface area (Å²) in [5.41, 5.74) is 7.86. The monoisotopic (exact) mass is 404 g/mol. The Bertz CT molecular complexity index is 2190. The Hall–Kier alpha value is -4.30. The van der Waals surface area contributed by atoms with Crippen LogP contribution >= 0.6 is 0 Å². The SMILES string of the molecule is c1ccc2c(c1)c1cccc3c4c(ccc5c6cccc7c8ccccc8n(c76)c54)n2c13. The minimum Gasteiger partial charge on any atom is -0.308 e. The van der Waals surface area contributed by atoms with Crippen molar-refractivity contribution in [2.75, 3.05) is 0 Å². The molecule has 9 aromatic rings. The maximum atomic E-state index is 2.52. The van der Waals surface area contributed by atoms with Crippen LogP contribution in [0, 0.1) is 0 Å². The molecule has 0 saturated heterocycles. The molecule has 0 aliphatic heterocycles. The van der Waals surface area contributed by atoms with Crippen LogP contribution in [-0.2, 0) is 0 Å². The molecule has 32 heavy (non-hydrogen) atoms. The third-order valence-corrected chi connectivity index (χ3v) is 7.57. The summed E-state index contributed by atoms with van der Waals surface area (Å²) in [6.07, 6.45) is 0. The van der Waals surface area contributed by atoms with E-state index in [4.69, 9.17) is 0 Å². The predicted octanol–water partition coefficient (Wildman–Crippen LogP) is 7.99. The summed E-state index contributed by atoms with van der Waals surface area (Å²) in [6.45, 7) is 0. The fraction of sp³-hybridized carbons (Fsp3) is 0. The topological polar surface area (TPSA) is 8.82 Å². The van der Waals surface area contributed by atoms with E-state index in [-0.39, 0.29) is 0 Å². The molecular formula is C30H16N2. The number of rotatable bonds is 0. The van der Waals surface area contributed by atoms with Crippen molar-refractivity contribution in [3.63, 3.8) is 0 Å². The number of para-hydroxylation sites is 4. The van der Waals surface area contributed by atoms with Gasteiger partial charge in [0.1, 0.15) is 0 Å². The van der Waals surface area contributed by atoms with Crippen LogP contribution in [0.5, 0.6) is 0 Å². The van der Waals surface area contributed by atoms with E-state index in [0.717, 1.165) is 0 Å². The van der Waals surface area contributed by atoms with Crippen LogP contribution in [0.25, 0.3) is 76.2 Å². The molecule has 0 spiro atoms. The lowest BCUT2D eigenvalue weighted by molar-refractivity contribution is 1.36. The van der Waals surface area contributed by atoms with Gasteiger partial charge in [-0.05, 0) is 18.2 Å². The highest BCUT2D eigenvalue weighted by molar-refractivity contribution is 6.33. The first-order valence-electron chi connectivity index (χ1n) is 11.1. The lowest BCUT2D eigenvalue weighted by Gasteiger charge is -2.02. The number of hydrogen-bond donors (Lipinski definition) is 0. The van der Waals surface area contributed by atoms with Crippen molar-refractivity contribution < 1.29 is 0 Å². The Morgan fingerprint density at radius 1 is 0.312 bits per heavy atom. The quantitative estimate of drug-likeness (QED) is 0.242. The summed E-state index contributed by atoms with van der Waals surface area (Å²) in [7, 11) is 0. The van der Waals surface area contributed by atoms with E-state index in [2.05, 4.69) is 106 Å². The zero-order chi connectivity index (χ0) is 20.6. The van der Waals surface area contributed by atoms with Crippen LogP contribution in [0.3, 0.4) is 0 Å². The van der Waals surface area contributed by atoms with Gasteiger partial charge < -0.3 is 8.80 Å². The predicted molar refractivity (Wildman–Crippen MR) is 136 cm³/mol. The Morgan fingerprint density at radius 3 is 1.53 bits per heavy atom. The molecule has 0 aliphatic carbocycles. The molecule has 0 N–H and O–H groups in total. The second kappa shape index (κ2) is 4.95. The molecule has 9 rings (SSSR count). The number of hydrogen-bond acceptors (Lipinski definition) is 0. The van der Waals surface area contributed by atoms with Crippen molar-refractivity contribution in [3.8, 4) is 0 Å². The van der Waals surface area contributed by atoms with Crippen molar-refractivity contribution in [3.05, 3.63) is 97.1 Å². The van der Waals surface area contributed by atoms with Gasteiger partial charge in [0.25, 0.3) is 0 Å². The van der Waals surface area contributed by atoms with E-state index >= 15 is 0 Å². The highest BCUT2D eigenvalue weighted by Gasteiger charge is 2.23. The summed E-state index contributed by atoms with van der Waals surface area (Å²) in [5, 5.41) is 10.7. The van der Waals surface area contributed by atoms with Gasteiger partial charge in [-0.3, -0.25) is 0 Å².